The highest BCUT2D eigenvalue weighted by Gasteiger charge is 2.19. The van der Waals surface area contributed by atoms with Crippen molar-refractivity contribution in [3.8, 4) is 0 Å². The molecule has 104 valence electrons. The zero-order valence-corrected chi connectivity index (χ0v) is 11.4. The van der Waals surface area contributed by atoms with E-state index in [4.69, 9.17) is 5.73 Å². The van der Waals surface area contributed by atoms with Gasteiger partial charge in [0.15, 0.2) is 0 Å². The van der Waals surface area contributed by atoms with E-state index in [1.807, 2.05) is 6.07 Å². The van der Waals surface area contributed by atoms with Gasteiger partial charge in [0.05, 0.1) is 5.56 Å². The Hall–Kier alpha value is -1.62. The number of carbonyl (C=O) groups excluding carboxylic acids is 1. The molecular formula is C14H22N4O. The van der Waals surface area contributed by atoms with Crippen LogP contribution in [0, 0.1) is 5.92 Å². The van der Waals surface area contributed by atoms with Gasteiger partial charge in [0.25, 0.3) is 0 Å². The van der Waals surface area contributed by atoms with Gasteiger partial charge in [-0.2, -0.15) is 0 Å². The van der Waals surface area contributed by atoms with Crippen LogP contribution < -0.4 is 16.0 Å². The van der Waals surface area contributed by atoms with Crippen LogP contribution in [0.1, 0.15) is 30.1 Å². The smallest absolute Gasteiger partial charge is 0.250 e. The van der Waals surface area contributed by atoms with Crippen LogP contribution in [0.4, 0.5) is 5.82 Å². The number of piperidine rings is 1. The second-order valence-electron chi connectivity index (χ2n) is 5.01. The number of nitrogens with zero attached hydrogens (tertiary/aromatic N) is 2. The molecule has 0 saturated carbocycles. The molecule has 1 aliphatic heterocycles. The molecule has 2 heterocycles. The zero-order chi connectivity index (χ0) is 13.7. The van der Waals surface area contributed by atoms with Crippen molar-refractivity contribution >= 4 is 11.7 Å². The number of rotatable bonds is 5. The van der Waals surface area contributed by atoms with Gasteiger partial charge in [0.1, 0.15) is 5.82 Å². The first-order valence-electron chi connectivity index (χ1n) is 6.92. The topological polar surface area (TPSA) is 71.2 Å². The molecule has 1 saturated heterocycles. The Morgan fingerprint density at radius 1 is 1.47 bits per heavy atom. The summed E-state index contributed by atoms with van der Waals surface area (Å²) in [6.07, 6.45) is 3.93. The van der Waals surface area contributed by atoms with Gasteiger partial charge in [-0.05, 0) is 44.0 Å². The molecule has 0 unspecified atom stereocenters. The zero-order valence-electron chi connectivity index (χ0n) is 11.4. The number of pyridine rings is 1. The molecule has 0 radical (unpaired) electrons. The molecule has 1 amide bonds. The summed E-state index contributed by atoms with van der Waals surface area (Å²) in [5, 5.41) is 3.41. The Morgan fingerprint density at radius 2 is 2.21 bits per heavy atom. The van der Waals surface area contributed by atoms with Crippen LogP contribution in [0.5, 0.6) is 0 Å². The molecule has 2 rings (SSSR count). The molecule has 0 spiro atoms. The molecule has 1 aromatic heterocycles. The van der Waals surface area contributed by atoms with Crippen molar-refractivity contribution in [1.29, 1.82) is 0 Å². The highest BCUT2D eigenvalue weighted by atomic mass is 16.1. The molecule has 1 aromatic rings. The highest BCUT2D eigenvalue weighted by Crippen LogP contribution is 2.21. The summed E-state index contributed by atoms with van der Waals surface area (Å²) < 4.78 is 0. The van der Waals surface area contributed by atoms with Crippen molar-refractivity contribution in [3.63, 3.8) is 0 Å². The minimum Gasteiger partial charge on any atom is -0.366 e. The number of primary amides is 1. The summed E-state index contributed by atoms with van der Waals surface area (Å²) in [4.78, 5) is 17.6. The summed E-state index contributed by atoms with van der Waals surface area (Å²) in [5.74, 6) is 1.27. The fraction of sp³-hybridized carbons (Fsp3) is 0.571. The number of nitrogens with one attached hydrogen (secondary N) is 1. The first-order valence-corrected chi connectivity index (χ1v) is 6.92. The van der Waals surface area contributed by atoms with E-state index in [2.05, 4.69) is 22.1 Å². The van der Waals surface area contributed by atoms with Gasteiger partial charge >= 0.3 is 0 Å². The predicted octanol–water partition coefficient (Wildman–Crippen LogP) is 1.01. The fourth-order valence-electron chi connectivity index (χ4n) is 2.43. The predicted molar refractivity (Wildman–Crippen MR) is 76.2 cm³/mol. The molecule has 0 bridgehead atoms. The monoisotopic (exact) mass is 262 g/mol. The number of amides is 1. The third-order valence-electron chi connectivity index (χ3n) is 3.65. The normalized spacial score (nSPS) is 16.6. The van der Waals surface area contributed by atoms with Gasteiger partial charge in [0.2, 0.25) is 5.91 Å². The number of anilines is 1. The third-order valence-corrected chi connectivity index (χ3v) is 3.65. The summed E-state index contributed by atoms with van der Waals surface area (Å²) in [6.45, 7) is 6.34. The second-order valence-corrected chi connectivity index (χ2v) is 5.01. The average molecular weight is 262 g/mol. The maximum Gasteiger partial charge on any atom is 0.250 e. The number of carbonyl (C=O) groups is 1. The van der Waals surface area contributed by atoms with Crippen LogP contribution in [-0.2, 0) is 0 Å². The molecule has 0 atom stereocenters. The first-order chi connectivity index (χ1) is 9.20. The standard InChI is InChI=1S/C14H22N4O/c1-2-16-9-11-5-7-18(8-6-11)13-4-3-12(10-17-13)14(15)19/h3-4,10-11,16H,2,5-9H2,1H3,(H2,15,19). The minimum absolute atomic E-state index is 0.427. The molecule has 1 aliphatic rings. The van der Waals surface area contributed by atoms with Crippen LogP contribution in [0.3, 0.4) is 0 Å². The summed E-state index contributed by atoms with van der Waals surface area (Å²) in [5.41, 5.74) is 5.67. The summed E-state index contributed by atoms with van der Waals surface area (Å²) in [7, 11) is 0. The SMILES string of the molecule is CCNCC1CCN(c2ccc(C(N)=O)cn2)CC1. The molecule has 0 aliphatic carbocycles. The van der Waals surface area contributed by atoms with E-state index in [0.29, 0.717) is 5.56 Å². The van der Waals surface area contributed by atoms with Crippen LogP contribution >= 0.6 is 0 Å². The molecule has 0 aromatic carbocycles. The van der Waals surface area contributed by atoms with Gasteiger partial charge in [-0.15, -0.1) is 0 Å². The van der Waals surface area contributed by atoms with E-state index >= 15 is 0 Å². The molecule has 5 nitrogen and oxygen atoms in total. The van der Waals surface area contributed by atoms with E-state index in [0.717, 1.165) is 37.9 Å². The molecule has 19 heavy (non-hydrogen) atoms. The Kier molecular flexibility index (Phi) is 4.74. The van der Waals surface area contributed by atoms with Crippen molar-refractivity contribution in [2.75, 3.05) is 31.1 Å². The Labute approximate surface area is 114 Å². The van der Waals surface area contributed by atoms with E-state index in [-0.39, 0.29) is 0 Å². The van der Waals surface area contributed by atoms with Gasteiger partial charge in [0, 0.05) is 19.3 Å². The van der Waals surface area contributed by atoms with E-state index < -0.39 is 5.91 Å². The highest BCUT2D eigenvalue weighted by molar-refractivity contribution is 5.92. The fourth-order valence-corrected chi connectivity index (χ4v) is 2.43. The van der Waals surface area contributed by atoms with E-state index in [1.54, 1.807) is 12.3 Å². The summed E-state index contributed by atoms with van der Waals surface area (Å²) in [6, 6.07) is 3.63. The van der Waals surface area contributed by atoms with E-state index in [1.165, 1.54) is 12.8 Å². The van der Waals surface area contributed by atoms with Gasteiger partial charge in [-0.25, -0.2) is 4.98 Å². The maximum atomic E-state index is 11.0. The minimum atomic E-state index is -0.427. The Balaban J connectivity index is 1.88. The number of hydrogen-bond acceptors (Lipinski definition) is 4. The van der Waals surface area contributed by atoms with Crippen molar-refractivity contribution in [2.24, 2.45) is 11.7 Å². The first kappa shape index (κ1) is 13.8. The lowest BCUT2D eigenvalue weighted by molar-refractivity contribution is 0.1000. The second kappa shape index (κ2) is 6.52. The molecule has 3 N–H and O–H groups in total. The van der Waals surface area contributed by atoms with Gasteiger partial charge in [-0.1, -0.05) is 6.92 Å². The lowest BCUT2D eigenvalue weighted by atomic mass is 9.97. The lowest BCUT2D eigenvalue weighted by Gasteiger charge is -2.32. The number of nitrogens with two attached hydrogens (primary N) is 1. The number of hydrogen-bond donors (Lipinski definition) is 2. The van der Waals surface area contributed by atoms with Gasteiger partial charge in [-0.3, -0.25) is 4.79 Å². The third kappa shape index (κ3) is 3.67. The summed E-state index contributed by atoms with van der Waals surface area (Å²) >= 11 is 0. The molecule has 5 heteroatoms. The molecular weight excluding hydrogens is 240 g/mol. The molecule has 1 fully saturated rings. The van der Waals surface area contributed by atoms with Crippen molar-refractivity contribution in [3.05, 3.63) is 23.9 Å². The van der Waals surface area contributed by atoms with Crippen molar-refractivity contribution in [1.82, 2.24) is 10.3 Å². The Morgan fingerprint density at radius 3 is 2.74 bits per heavy atom. The number of aromatic nitrogens is 1. The largest absolute Gasteiger partial charge is 0.366 e. The maximum absolute atomic E-state index is 11.0. The Bertz CT molecular complexity index is 410. The van der Waals surface area contributed by atoms with Crippen LogP contribution in [0.25, 0.3) is 0 Å². The van der Waals surface area contributed by atoms with Crippen LogP contribution in [0.15, 0.2) is 18.3 Å². The van der Waals surface area contributed by atoms with Gasteiger partial charge < -0.3 is 16.0 Å². The van der Waals surface area contributed by atoms with Crippen LogP contribution in [-0.4, -0.2) is 37.1 Å². The van der Waals surface area contributed by atoms with Crippen molar-refractivity contribution in [2.45, 2.75) is 19.8 Å². The quantitative estimate of drug-likeness (QED) is 0.830. The van der Waals surface area contributed by atoms with Crippen LogP contribution in [0.2, 0.25) is 0 Å². The average Bonchev–Trinajstić information content (AvgIpc) is 2.46. The lowest BCUT2D eigenvalue weighted by Crippen LogP contribution is -2.37. The van der Waals surface area contributed by atoms with Crippen molar-refractivity contribution < 1.29 is 4.79 Å². The van der Waals surface area contributed by atoms with E-state index in [9.17, 15) is 4.79 Å².